The van der Waals surface area contributed by atoms with Gasteiger partial charge in [0.1, 0.15) is 12.3 Å². The number of rotatable bonds is 16. The molecule has 0 saturated heterocycles. The van der Waals surface area contributed by atoms with E-state index in [-0.39, 0.29) is 13.2 Å². The number of hydrogen-bond acceptors (Lipinski definition) is 7. The third-order valence-corrected chi connectivity index (χ3v) is 4.22. The minimum absolute atomic E-state index is 0.166. The van der Waals surface area contributed by atoms with Gasteiger partial charge in [-0.25, -0.2) is 9.59 Å². The molecule has 0 amide bonds. The van der Waals surface area contributed by atoms with Crippen LogP contribution in [0.15, 0.2) is 41.2 Å². The molecule has 33 heavy (non-hydrogen) atoms. The van der Waals surface area contributed by atoms with Gasteiger partial charge in [-0.05, 0) is 37.0 Å². The van der Waals surface area contributed by atoms with Gasteiger partial charge in [0.2, 0.25) is 0 Å². The van der Waals surface area contributed by atoms with E-state index in [0.29, 0.717) is 43.5 Å². The Labute approximate surface area is 189 Å². The van der Waals surface area contributed by atoms with Gasteiger partial charge in [0.15, 0.2) is 0 Å². The number of methoxy groups -OCH3 is 1. The summed E-state index contributed by atoms with van der Waals surface area (Å²) in [5.41, 5.74) is -0.122. The van der Waals surface area contributed by atoms with Crippen LogP contribution in [0.5, 0.6) is 0 Å². The quantitative estimate of drug-likeness (QED) is 0.124. The highest BCUT2D eigenvalue weighted by molar-refractivity contribution is 6.00. The van der Waals surface area contributed by atoms with Crippen LogP contribution in [0.1, 0.15) is 30.4 Å². The second kappa shape index (κ2) is 14.9. The first-order valence-corrected chi connectivity index (χ1v) is 10.1. The molecule has 1 aromatic carbocycles. The van der Waals surface area contributed by atoms with Crippen LogP contribution in [0.4, 0.5) is 13.2 Å². The molecule has 0 heterocycles. The lowest BCUT2D eigenvalue weighted by atomic mass is 10.0. The molecule has 1 rings (SSSR count). The van der Waals surface area contributed by atoms with Gasteiger partial charge in [0.25, 0.3) is 0 Å². The SMILES string of the molecule is COCCCC/C(=N\OCCNCCN/C(=C/C(=O)O)C(=O)O)c1ccc(C(F)(F)F)cc1. The Balaban J connectivity index is 2.53. The lowest BCUT2D eigenvalue weighted by Crippen LogP contribution is -2.31. The summed E-state index contributed by atoms with van der Waals surface area (Å²) < 4.78 is 43.4. The van der Waals surface area contributed by atoms with Gasteiger partial charge in [-0.3, -0.25) is 0 Å². The smallest absolute Gasteiger partial charge is 0.416 e. The normalized spacial score (nSPS) is 12.5. The molecule has 184 valence electrons. The summed E-state index contributed by atoms with van der Waals surface area (Å²) in [6.07, 6.45) is -1.87. The third-order valence-electron chi connectivity index (χ3n) is 4.22. The van der Waals surface area contributed by atoms with Crippen LogP contribution >= 0.6 is 0 Å². The lowest BCUT2D eigenvalue weighted by Gasteiger charge is -2.10. The Kier molecular flexibility index (Phi) is 12.6. The molecule has 0 aliphatic heterocycles. The summed E-state index contributed by atoms with van der Waals surface area (Å²) in [5.74, 6) is -2.75. The Morgan fingerprint density at radius 2 is 1.76 bits per heavy atom. The first-order valence-electron chi connectivity index (χ1n) is 10.1. The number of halogens is 3. The van der Waals surface area contributed by atoms with Crippen LogP contribution in [0.25, 0.3) is 0 Å². The van der Waals surface area contributed by atoms with E-state index >= 15 is 0 Å². The van der Waals surface area contributed by atoms with Crippen molar-refractivity contribution in [3.05, 3.63) is 47.2 Å². The molecular formula is C21H28F3N3O6. The molecule has 1 aromatic rings. The number of unbranched alkanes of at least 4 members (excludes halogenated alkanes) is 1. The molecule has 4 N–H and O–H groups in total. The van der Waals surface area contributed by atoms with Gasteiger partial charge >= 0.3 is 18.1 Å². The number of nitrogens with zero attached hydrogens (tertiary/aromatic N) is 1. The topological polar surface area (TPSA) is 129 Å². The van der Waals surface area contributed by atoms with E-state index < -0.39 is 29.4 Å². The number of alkyl halides is 3. The molecule has 9 nitrogen and oxygen atoms in total. The van der Waals surface area contributed by atoms with Crippen molar-refractivity contribution < 1.29 is 42.5 Å². The first kappa shape index (κ1) is 27.9. The molecule has 0 aliphatic rings. The number of ether oxygens (including phenoxy) is 1. The van der Waals surface area contributed by atoms with Gasteiger partial charge in [-0.15, -0.1) is 0 Å². The number of carbonyl (C=O) groups is 2. The fraction of sp³-hybridized carbons (Fsp3) is 0.476. The standard InChI is InChI=1S/C21H28F3N3O6/c1-32-12-3-2-4-17(15-5-7-16(8-6-15)21(22,23)24)27-33-13-11-25-9-10-26-18(20(30)31)14-19(28)29/h5-8,14,25-26H,2-4,9-13H2,1H3,(H,28,29)(H,30,31)/b18-14+,27-17+. The summed E-state index contributed by atoms with van der Waals surface area (Å²) in [4.78, 5) is 26.7. The molecule has 0 atom stereocenters. The molecule has 0 unspecified atom stereocenters. The van der Waals surface area contributed by atoms with Crippen molar-refractivity contribution in [2.24, 2.45) is 5.16 Å². The molecule has 0 aliphatic carbocycles. The average Bonchev–Trinajstić information content (AvgIpc) is 2.75. The summed E-state index contributed by atoms with van der Waals surface area (Å²) in [5, 5.41) is 27.0. The molecule has 0 saturated carbocycles. The molecular weight excluding hydrogens is 447 g/mol. The number of oxime groups is 1. The van der Waals surface area contributed by atoms with Crippen LogP contribution < -0.4 is 10.6 Å². The Bertz CT molecular complexity index is 810. The van der Waals surface area contributed by atoms with Crippen LogP contribution in [-0.2, 0) is 25.3 Å². The first-order chi connectivity index (χ1) is 15.6. The highest BCUT2D eigenvalue weighted by Gasteiger charge is 2.30. The Hall–Kier alpha value is -3.12. The maximum Gasteiger partial charge on any atom is 0.416 e. The van der Waals surface area contributed by atoms with E-state index in [2.05, 4.69) is 15.8 Å². The number of carboxylic acid groups (broad SMARTS) is 2. The second-order valence-corrected chi connectivity index (χ2v) is 6.77. The maximum absolute atomic E-state index is 12.8. The Morgan fingerprint density at radius 3 is 2.33 bits per heavy atom. The highest BCUT2D eigenvalue weighted by atomic mass is 19.4. The summed E-state index contributed by atoms with van der Waals surface area (Å²) in [7, 11) is 1.58. The number of carboxylic acids is 2. The van der Waals surface area contributed by atoms with Crippen molar-refractivity contribution in [1.29, 1.82) is 0 Å². The number of hydrogen-bond donors (Lipinski definition) is 4. The molecule has 0 aromatic heterocycles. The Morgan fingerprint density at radius 1 is 1.06 bits per heavy atom. The van der Waals surface area contributed by atoms with Crippen molar-refractivity contribution in [3.8, 4) is 0 Å². The van der Waals surface area contributed by atoms with Crippen molar-refractivity contribution in [2.45, 2.75) is 25.4 Å². The molecule has 0 bridgehead atoms. The monoisotopic (exact) mass is 475 g/mol. The zero-order valence-electron chi connectivity index (χ0n) is 18.2. The van der Waals surface area contributed by atoms with Crippen molar-refractivity contribution in [3.63, 3.8) is 0 Å². The van der Waals surface area contributed by atoms with Gasteiger partial charge in [0.05, 0.1) is 17.4 Å². The van der Waals surface area contributed by atoms with Crippen LogP contribution in [0.3, 0.4) is 0 Å². The van der Waals surface area contributed by atoms with E-state index in [4.69, 9.17) is 19.8 Å². The maximum atomic E-state index is 12.8. The average molecular weight is 475 g/mol. The van der Waals surface area contributed by atoms with Crippen molar-refractivity contribution in [2.75, 3.05) is 40.0 Å². The fourth-order valence-electron chi connectivity index (χ4n) is 2.60. The van der Waals surface area contributed by atoms with E-state index in [1.165, 1.54) is 12.1 Å². The minimum Gasteiger partial charge on any atom is -0.478 e. The minimum atomic E-state index is -4.42. The molecule has 12 heteroatoms. The molecule has 0 fully saturated rings. The summed E-state index contributed by atoms with van der Waals surface area (Å²) in [6, 6.07) is 4.71. The number of nitrogens with one attached hydrogen (secondary N) is 2. The van der Waals surface area contributed by atoms with Gasteiger partial charge in [-0.2, -0.15) is 13.2 Å². The summed E-state index contributed by atoms with van der Waals surface area (Å²) >= 11 is 0. The predicted octanol–water partition coefficient (Wildman–Crippen LogP) is 2.48. The van der Waals surface area contributed by atoms with Gasteiger partial charge in [-0.1, -0.05) is 17.3 Å². The lowest BCUT2D eigenvalue weighted by molar-refractivity contribution is -0.137. The van der Waals surface area contributed by atoms with Crippen molar-refractivity contribution in [1.82, 2.24) is 10.6 Å². The summed E-state index contributed by atoms with van der Waals surface area (Å²) in [6.45, 7) is 1.59. The highest BCUT2D eigenvalue weighted by Crippen LogP contribution is 2.29. The van der Waals surface area contributed by atoms with E-state index in [1.54, 1.807) is 7.11 Å². The fourth-order valence-corrected chi connectivity index (χ4v) is 2.60. The zero-order valence-corrected chi connectivity index (χ0v) is 18.2. The molecule has 0 radical (unpaired) electrons. The van der Waals surface area contributed by atoms with Crippen LogP contribution in [0.2, 0.25) is 0 Å². The van der Waals surface area contributed by atoms with Gasteiger partial charge < -0.3 is 30.4 Å². The van der Waals surface area contributed by atoms with Crippen LogP contribution in [0, 0.1) is 0 Å². The number of aliphatic carboxylic acids is 2. The van der Waals surface area contributed by atoms with E-state index in [1.807, 2.05) is 0 Å². The van der Waals surface area contributed by atoms with Crippen LogP contribution in [-0.4, -0.2) is 67.8 Å². The molecule has 0 spiro atoms. The van der Waals surface area contributed by atoms with Crippen molar-refractivity contribution >= 4 is 17.7 Å². The van der Waals surface area contributed by atoms with E-state index in [0.717, 1.165) is 25.0 Å². The zero-order chi connectivity index (χ0) is 24.7. The second-order valence-electron chi connectivity index (χ2n) is 6.77. The van der Waals surface area contributed by atoms with Gasteiger partial charge in [0, 0.05) is 33.4 Å². The third kappa shape index (κ3) is 11.9. The van der Waals surface area contributed by atoms with E-state index in [9.17, 15) is 22.8 Å². The largest absolute Gasteiger partial charge is 0.478 e. The predicted molar refractivity (Wildman–Crippen MR) is 114 cm³/mol. The number of benzene rings is 1.